The third-order valence-electron chi connectivity index (χ3n) is 3.54. The molecular formula is C17H22FNO3. The summed E-state index contributed by atoms with van der Waals surface area (Å²) in [5.74, 6) is -0.822. The predicted octanol–water partition coefficient (Wildman–Crippen LogP) is 3.43. The molecule has 1 amide bonds. The summed E-state index contributed by atoms with van der Waals surface area (Å²) in [5.41, 5.74) is 0.802. The normalized spacial score (nSPS) is 19.2. The monoisotopic (exact) mass is 307 g/mol. The maximum absolute atomic E-state index is 13.6. The van der Waals surface area contributed by atoms with E-state index in [0.717, 1.165) is 5.56 Å². The largest absolute Gasteiger partial charge is 0.444 e. The van der Waals surface area contributed by atoms with Crippen LogP contribution < -0.4 is 0 Å². The van der Waals surface area contributed by atoms with Crippen molar-refractivity contribution in [2.45, 2.75) is 45.6 Å². The van der Waals surface area contributed by atoms with Crippen molar-refractivity contribution in [3.05, 3.63) is 35.1 Å². The number of carbonyl (C=O) groups is 2. The van der Waals surface area contributed by atoms with Gasteiger partial charge in [-0.2, -0.15) is 0 Å². The molecule has 0 bridgehead atoms. The van der Waals surface area contributed by atoms with Gasteiger partial charge in [0, 0.05) is 19.5 Å². The zero-order valence-electron chi connectivity index (χ0n) is 13.5. The molecule has 1 unspecified atom stereocenters. The highest BCUT2D eigenvalue weighted by Crippen LogP contribution is 2.26. The van der Waals surface area contributed by atoms with Crippen LogP contribution >= 0.6 is 0 Å². The molecule has 1 aromatic carbocycles. The Bertz CT molecular complexity index is 572. The molecule has 120 valence electrons. The standard InChI is InChI=1S/C17H22FNO3/c1-11-7-12(9-13(18)8-11)14-10-19(6-5-15(14)20)16(21)22-17(2,3)4/h7-9,14H,5-6,10H2,1-4H3. The Labute approximate surface area is 130 Å². The molecule has 1 saturated heterocycles. The van der Waals surface area contributed by atoms with Crippen LogP contribution in [0.25, 0.3) is 0 Å². The van der Waals surface area contributed by atoms with Crippen LogP contribution in [0.4, 0.5) is 9.18 Å². The van der Waals surface area contributed by atoms with E-state index in [0.29, 0.717) is 12.1 Å². The Kier molecular flexibility index (Phi) is 4.54. The summed E-state index contributed by atoms with van der Waals surface area (Å²) in [5, 5.41) is 0. The first-order chi connectivity index (χ1) is 10.2. The number of ether oxygens (including phenoxy) is 1. The fraction of sp³-hybridized carbons (Fsp3) is 0.529. The van der Waals surface area contributed by atoms with E-state index in [2.05, 4.69) is 0 Å². The zero-order valence-corrected chi connectivity index (χ0v) is 13.5. The number of ketones is 1. The summed E-state index contributed by atoms with van der Waals surface area (Å²) in [6, 6.07) is 4.58. The first-order valence-corrected chi connectivity index (χ1v) is 7.43. The second kappa shape index (κ2) is 6.07. The molecule has 0 N–H and O–H groups in total. The lowest BCUT2D eigenvalue weighted by molar-refractivity contribution is -0.123. The van der Waals surface area contributed by atoms with Crippen molar-refractivity contribution in [2.75, 3.05) is 13.1 Å². The Balaban J connectivity index is 2.18. The number of Topliss-reactive ketones (excluding diaryl/α,β-unsaturated/α-hetero) is 1. The van der Waals surface area contributed by atoms with Crippen molar-refractivity contribution in [2.24, 2.45) is 0 Å². The number of carbonyl (C=O) groups excluding carboxylic acids is 2. The molecule has 1 fully saturated rings. The smallest absolute Gasteiger partial charge is 0.410 e. The lowest BCUT2D eigenvalue weighted by atomic mass is 9.88. The highest BCUT2D eigenvalue weighted by Gasteiger charge is 2.33. The van der Waals surface area contributed by atoms with Crippen molar-refractivity contribution in [1.29, 1.82) is 0 Å². The number of benzene rings is 1. The van der Waals surface area contributed by atoms with Crippen LogP contribution in [0.5, 0.6) is 0 Å². The molecule has 0 aromatic heterocycles. The van der Waals surface area contributed by atoms with Crippen LogP contribution in [0, 0.1) is 12.7 Å². The Morgan fingerprint density at radius 1 is 1.32 bits per heavy atom. The first kappa shape index (κ1) is 16.5. The fourth-order valence-electron chi connectivity index (χ4n) is 2.58. The van der Waals surface area contributed by atoms with Crippen LogP contribution in [-0.4, -0.2) is 35.5 Å². The molecule has 1 heterocycles. The van der Waals surface area contributed by atoms with Gasteiger partial charge in [0.1, 0.15) is 17.2 Å². The summed E-state index contributed by atoms with van der Waals surface area (Å²) < 4.78 is 18.9. The quantitative estimate of drug-likeness (QED) is 0.798. The van der Waals surface area contributed by atoms with Gasteiger partial charge < -0.3 is 9.64 Å². The predicted molar refractivity (Wildman–Crippen MR) is 81.3 cm³/mol. The van der Waals surface area contributed by atoms with E-state index in [1.54, 1.807) is 33.8 Å². The highest BCUT2D eigenvalue weighted by molar-refractivity contribution is 5.88. The number of likely N-dealkylation sites (tertiary alicyclic amines) is 1. The maximum Gasteiger partial charge on any atom is 0.410 e. The minimum atomic E-state index is -0.580. The molecule has 1 aliphatic heterocycles. The number of aryl methyl sites for hydroxylation is 1. The average Bonchev–Trinajstić information content (AvgIpc) is 2.35. The van der Waals surface area contributed by atoms with Crippen molar-refractivity contribution in [3.63, 3.8) is 0 Å². The first-order valence-electron chi connectivity index (χ1n) is 7.43. The number of halogens is 1. The van der Waals surface area contributed by atoms with E-state index in [9.17, 15) is 14.0 Å². The van der Waals surface area contributed by atoms with Gasteiger partial charge in [0.15, 0.2) is 0 Å². The SMILES string of the molecule is Cc1cc(F)cc(C2CN(C(=O)OC(C)(C)C)CCC2=O)c1. The fourth-order valence-corrected chi connectivity index (χ4v) is 2.58. The van der Waals surface area contributed by atoms with E-state index in [-0.39, 0.29) is 24.6 Å². The molecule has 1 atom stereocenters. The molecule has 0 aliphatic carbocycles. The van der Waals surface area contributed by atoms with Gasteiger partial charge in [-0.25, -0.2) is 9.18 Å². The molecule has 1 aliphatic rings. The van der Waals surface area contributed by atoms with E-state index in [1.165, 1.54) is 17.0 Å². The number of amides is 1. The van der Waals surface area contributed by atoms with Crippen molar-refractivity contribution >= 4 is 11.9 Å². The number of rotatable bonds is 1. The Morgan fingerprint density at radius 2 is 2.00 bits per heavy atom. The average molecular weight is 307 g/mol. The summed E-state index contributed by atoms with van der Waals surface area (Å²) >= 11 is 0. The van der Waals surface area contributed by atoms with Crippen molar-refractivity contribution in [3.8, 4) is 0 Å². The molecule has 4 nitrogen and oxygen atoms in total. The molecule has 0 saturated carbocycles. The van der Waals surface area contributed by atoms with Crippen LogP contribution in [0.15, 0.2) is 18.2 Å². The molecule has 0 radical (unpaired) electrons. The van der Waals surface area contributed by atoms with E-state index in [4.69, 9.17) is 4.74 Å². The summed E-state index contributed by atoms with van der Waals surface area (Å²) in [6.45, 7) is 7.76. The van der Waals surface area contributed by atoms with E-state index >= 15 is 0 Å². The summed E-state index contributed by atoms with van der Waals surface area (Å²) in [7, 11) is 0. The zero-order chi connectivity index (χ0) is 16.5. The van der Waals surface area contributed by atoms with Gasteiger partial charge in [0.2, 0.25) is 0 Å². The molecular weight excluding hydrogens is 285 g/mol. The van der Waals surface area contributed by atoms with Gasteiger partial charge in [-0.15, -0.1) is 0 Å². The number of nitrogens with zero attached hydrogens (tertiary/aromatic N) is 1. The van der Waals surface area contributed by atoms with E-state index < -0.39 is 17.6 Å². The molecule has 5 heteroatoms. The van der Waals surface area contributed by atoms with Crippen molar-refractivity contribution < 1.29 is 18.7 Å². The third kappa shape index (κ3) is 4.06. The topological polar surface area (TPSA) is 46.6 Å². The van der Waals surface area contributed by atoms with Gasteiger partial charge >= 0.3 is 6.09 Å². The van der Waals surface area contributed by atoms with Gasteiger partial charge in [0.05, 0.1) is 5.92 Å². The van der Waals surface area contributed by atoms with Crippen LogP contribution in [0.3, 0.4) is 0 Å². The van der Waals surface area contributed by atoms with E-state index in [1.807, 2.05) is 0 Å². The second-order valence-electron chi connectivity index (χ2n) is 6.76. The van der Waals surface area contributed by atoms with Gasteiger partial charge in [-0.1, -0.05) is 6.07 Å². The lowest BCUT2D eigenvalue weighted by Gasteiger charge is -2.33. The summed E-state index contributed by atoms with van der Waals surface area (Å²) in [6.07, 6.45) is -0.169. The highest BCUT2D eigenvalue weighted by atomic mass is 19.1. The molecule has 2 rings (SSSR count). The summed E-state index contributed by atoms with van der Waals surface area (Å²) in [4.78, 5) is 25.8. The minimum Gasteiger partial charge on any atom is -0.444 e. The van der Waals surface area contributed by atoms with Crippen LogP contribution in [0.2, 0.25) is 0 Å². The second-order valence-corrected chi connectivity index (χ2v) is 6.76. The lowest BCUT2D eigenvalue weighted by Crippen LogP contribution is -2.45. The van der Waals surface area contributed by atoms with Gasteiger partial charge in [-0.05, 0) is 51.0 Å². The van der Waals surface area contributed by atoms with Gasteiger partial charge in [0.25, 0.3) is 0 Å². The number of hydrogen-bond acceptors (Lipinski definition) is 3. The minimum absolute atomic E-state index is 0.0322. The maximum atomic E-state index is 13.6. The number of piperidine rings is 1. The number of hydrogen-bond donors (Lipinski definition) is 0. The molecule has 1 aromatic rings. The third-order valence-corrected chi connectivity index (χ3v) is 3.54. The Hall–Kier alpha value is -1.91. The van der Waals surface area contributed by atoms with Gasteiger partial charge in [-0.3, -0.25) is 4.79 Å². The Morgan fingerprint density at radius 3 is 2.59 bits per heavy atom. The molecule has 0 spiro atoms. The van der Waals surface area contributed by atoms with Crippen LogP contribution in [0.1, 0.15) is 44.2 Å². The molecule has 22 heavy (non-hydrogen) atoms. The van der Waals surface area contributed by atoms with Crippen LogP contribution in [-0.2, 0) is 9.53 Å². The van der Waals surface area contributed by atoms with Crippen molar-refractivity contribution in [1.82, 2.24) is 4.90 Å².